The number of rotatable bonds is 5. The van der Waals surface area contributed by atoms with E-state index in [0.29, 0.717) is 34.3 Å². The summed E-state index contributed by atoms with van der Waals surface area (Å²) in [4.78, 5) is 30.4. The van der Waals surface area contributed by atoms with Crippen molar-refractivity contribution in [1.29, 1.82) is 0 Å². The van der Waals surface area contributed by atoms with Crippen LogP contribution >= 0.6 is 12.2 Å². The highest BCUT2D eigenvalue weighted by atomic mass is 32.1. The van der Waals surface area contributed by atoms with Crippen LogP contribution in [0.15, 0.2) is 51.7 Å². The second-order valence-electron chi connectivity index (χ2n) is 7.25. The molecule has 0 bridgehead atoms. The third kappa shape index (κ3) is 3.35. The molecule has 0 aliphatic heterocycles. The summed E-state index contributed by atoms with van der Waals surface area (Å²) in [6.45, 7) is 4.84. The average molecular weight is 422 g/mol. The van der Waals surface area contributed by atoms with Crippen molar-refractivity contribution >= 4 is 40.0 Å². The van der Waals surface area contributed by atoms with E-state index >= 15 is 0 Å². The molecule has 4 rings (SSSR count). The van der Waals surface area contributed by atoms with Gasteiger partial charge in [-0.15, -0.1) is 0 Å². The van der Waals surface area contributed by atoms with Crippen LogP contribution in [0, 0.1) is 4.77 Å². The van der Waals surface area contributed by atoms with Gasteiger partial charge in [-0.05, 0) is 43.4 Å². The second-order valence-corrected chi connectivity index (χ2v) is 7.64. The van der Waals surface area contributed by atoms with E-state index in [1.54, 1.807) is 30.1 Å². The Labute approximate surface area is 178 Å². The van der Waals surface area contributed by atoms with Crippen LogP contribution in [0.1, 0.15) is 35.5 Å². The van der Waals surface area contributed by atoms with Crippen LogP contribution in [-0.4, -0.2) is 27.4 Å². The van der Waals surface area contributed by atoms with Crippen molar-refractivity contribution in [3.05, 3.63) is 74.5 Å². The molecule has 30 heavy (non-hydrogen) atoms. The van der Waals surface area contributed by atoms with Crippen molar-refractivity contribution < 1.29 is 9.21 Å². The van der Waals surface area contributed by atoms with Crippen LogP contribution in [0.5, 0.6) is 0 Å². The molecule has 0 fully saturated rings. The molecule has 2 aromatic carbocycles. The highest BCUT2D eigenvalue weighted by molar-refractivity contribution is 7.71. The summed E-state index contributed by atoms with van der Waals surface area (Å²) < 4.78 is 7.80. The molecule has 1 amide bonds. The average Bonchev–Trinajstić information content (AvgIpc) is 3.10. The molecule has 4 aromatic rings. The molecule has 0 unspecified atom stereocenters. The van der Waals surface area contributed by atoms with Gasteiger partial charge in [0.05, 0.1) is 10.9 Å². The Bertz CT molecular complexity index is 1380. The van der Waals surface area contributed by atoms with E-state index in [2.05, 4.69) is 4.98 Å². The maximum atomic E-state index is 13.1. The fourth-order valence-corrected chi connectivity index (χ4v) is 4.13. The zero-order valence-electron chi connectivity index (χ0n) is 17.2. The minimum atomic E-state index is -0.152. The van der Waals surface area contributed by atoms with Crippen molar-refractivity contribution in [3.8, 4) is 0 Å². The van der Waals surface area contributed by atoms with Crippen LogP contribution in [0.3, 0.4) is 0 Å². The Morgan fingerprint density at radius 3 is 2.67 bits per heavy atom. The number of H-pyrrole nitrogens is 1. The fraction of sp³-hybridized carbons (Fsp3) is 0.261. The van der Waals surface area contributed by atoms with Gasteiger partial charge in [0.2, 0.25) is 0 Å². The normalized spacial score (nSPS) is 11.3. The van der Waals surface area contributed by atoms with E-state index in [4.69, 9.17) is 16.6 Å². The predicted octanol–water partition coefficient (Wildman–Crippen LogP) is 4.66. The number of carbonyl (C=O) groups excluding carboxylic acids is 1. The Morgan fingerprint density at radius 1 is 1.17 bits per heavy atom. The lowest BCUT2D eigenvalue weighted by molar-refractivity contribution is 0.0785. The fourth-order valence-electron chi connectivity index (χ4n) is 3.81. The quantitative estimate of drug-likeness (QED) is 0.476. The van der Waals surface area contributed by atoms with E-state index < -0.39 is 0 Å². The number of furan rings is 1. The Morgan fingerprint density at radius 2 is 1.93 bits per heavy atom. The molecule has 7 heteroatoms. The molecule has 0 aliphatic carbocycles. The van der Waals surface area contributed by atoms with Gasteiger partial charge in [-0.3, -0.25) is 14.2 Å². The van der Waals surface area contributed by atoms with E-state index in [-0.39, 0.29) is 11.5 Å². The monoisotopic (exact) mass is 421 g/mol. The summed E-state index contributed by atoms with van der Waals surface area (Å²) >= 11 is 5.28. The highest BCUT2D eigenvalue weighted by Gasteiger charge is 2.19. The number of fused-ring (bicyclic) bond motifs is 2. The van der Waals surface area contributed by atoms with E-state index in [1.807, 2.05) is 38.1 Å². The Kier molecular flexibility index (Phi) is 5.30. The smallest absolute Gasteiger partial charge is 0.262 e. The topological polar surface area (TPSA) is 71.2 Å². The van der Waals surface area contributed by atoms with Gasteiger partial charge in [0, 0.05) is 43.1 Å². The van der Waals surface area contributed by atoms with E-state index in [9.17, 15) is 9.59 Å². The molecule has 0 saturated carbocycles. The lowest BCUT2D eigenvalue weighted by atomic mass is 10.1. The first-order chi connectivity index (χ1) is 14.4. The number of nitrogens with zero attached hydrogens (tertiary/aromatic N) is 2. The van der Waals surface area contributed by atoms with Crippen LogP contribution < -0.4 is 5.56 Å². The first-order valence-corrected chi connectivity index (χ1v) is 10.4. The van der Waals surface area contributed by atoms with Crippen LogP contribution in [0.25, 0.3) is 21.9 Å². The summed E-state index contributed by atoms with van der Waals surface area (Å²) in [5, 5.41) is 1.54. The zero-order chi connectivity index (χ0) is 21.4. The molecule has 6 nitrogen and oxygen atoms in total. The van der Waals surface area contributed by atoms with Gasteiger partial charge >= 0.3 is 0 Å². The molecule has 0 aliphatic rings. The zero-order valence-corrected chi connectivity index (χ0v) is 18.0. The van der Waals surface area contributed by atoms with Crippen molar-refractivity contribution in [2.24, 2.45) is 0 Å². The summed E-state index contributed by atoms with van der Waals surface area (Å²) in [7, 11) is 1.77. The lowest BCUT2D eigenvalue weighted by Crippen LogP contribution is -2.27. The third-order valence-electron chi connectivity index (χ3n) is 5.39. The molecule has 2 aromatic heterocycles. The minimum Gasteiger partial charge on any atom is -0.461 e. The number of benzene rings is 2. The van der Waals surface area contributed by atoms with Gasteiger partial charge in [-0.2, -0.15) is 0 Å². The van der Waals surface area contributed by atoms with Crippen LogP contribution in [0.4, 0.5) is 0 Å². The Hall–Kier alpha value is -3.19. The molecule has 1 N–H and O–H groups in total. The number of hydrogen-bond acceptors (Lipinski definition) is 4. The Balaban J connectivity index is 1.69. The van der Waals surface area contributed by atoms with Gasteiger partial charge in [0.15, 0.2) is 4.77 Å². The van der Waals surface area contributed by atoms with Crippen molar-refractivity contribution in [3.63, 3.8) is 0 Å². The van der Waals surface area contributed by atoms with E-state index in [1.165, 1.54) is 4.57 Å². The molecule has 154 valence electrons. The lowest BCUT2D eigenvalue weighted by Gasteiger charge is -2.18. The number of amides is 1. The number of aromatic amines is 1. The van der Waals surface area contributed by atoms with Gasteiger partial charge in [-0.25, -0.2) is 0 Å². The third-order valence-corrected chi connectivity index (χ3v) is 5.71. The summed E-state index contributed by atoms with van der Waals surface area (Å²) in [5.41, 5.74) is 2.76. The molecule has 0 saturated heterocycles. The van der Waals surface area contributed by atoms with Gasteiger partial charge < -0.3 is 14.3 Å². The van der Waals surface area contributed by atoms with Crippen molar-refractivity contribution in [2.75, 3.05) is 7.05 Å². The molecule has 2 heterocycles. The maximum absolute atomic E-state index is 13.1. The molecule has 0 spiro atoms. The van der Waals surface area contributed by atoms with Gasteiger partial charge in [-0.1, -0.05) is 25.1 Å². The van der Waals surface area contributed by atoms with Crippen molar-refractivity contribution in [2.45, 2.75) is 33.4 Å². The first kappa shape index (κ1) is 20.1. The minimum absolute atomic E-state index is 0.136. The summed E-state index contributed by atoms with van der Waals surface area (Å²) in [6, 6.07) is 12.9. The summed E-state index contributed by atoms with van der Waals surface area (Å²) in [6.07, 6.45) is 0.752. The molecule has 0 atom stereocenters. The number of hydrogen-bond donors (Lipinski definition) is 1. The second kappa shape index (κ2) is 7.91. The van der Waals surface area contributed by atoms with E-state index in [0.717, 1.165) is 28.7 Å². The number of aromatic nitrogens is 2. The standard InChI is InChI=1S/C23H23N3O3S/c1-4-19-17(15-8-6-7-9-20(15)29-19)13-25(3)21(27)14-10-11-16-18(12-14)24-23(30)26(5-2)22(16)28/h6-12H,4-5,13H2,1-3H3,(H,24,30). The van der Waals surface area contributed by atoms with Crippen LogP contribution in [0.2, 0.25) is 0 Å². The maximum Gasteiger partial charge on any atom is 0.262 e. The molecule has 0 radical (unpaired) electrons. The molecular formula is C23H23N3O3S. The highest BCUT2D eigenvalue weighted by Crippen LogP contribution is 2.27. The molecular weight excluding hydrogens is 398 g/mol. The number of nitrogens with one attached hydrogen (secondary N) is 1. The number of para-hydroxylation sites is 1. The largest absolute Gasteiger partial charge is 0.461 e. The van der Waals surface area contributed by atoms with Crippen LogP contribution in [-0.2, 0) is 19.5 Å². The predicted molar refractivity (Wildman–Crippen MR) is 120 cm³/mol. The number of aryl methyl sites for hydroxylation is 1. The SMILES string of the molecule is CCc1oc2ccccc2c1CN(C)C(=O)c1ccc2c(=O)n(CC)c(=S)[nH]c2c1. The van der Waals surface area contributed by atoms with Crippen molar-refractivity contribution in [1.82, 2.24) is 14.5 Å². The summed E-state index contributed by atoms with van der Waals surface area (Å²) in [5.74, 6) is 0.752. The van der Waals surface area contributed by atoms with Gasteiger partial charge in [0.1, 0.15) is 11.3 Å². The number of carbonyl (C=O) groups is 1. The first-order valence-electron chi connectivity index (χ1n) is 9.96. The van der Waals surface area contributed by atoms with Gasteiger partial charge in [0.25, 0.3) is 11.5 Å².